The normalized spacial score (nSPS) is 18.6. The number of benzene rings is 3. The third-order valence-corrected chi connectivity index (χ3v) is 6.98. The molecule has 0 saturated carbocycles. The molecular formula is C30H23NO4. The molecule has 0 amide bonds. The monoisotopic (exact) mass is 461 g/mol. The lowest BCUT2D eigenvalue weighted by Crippen LogP contribution is -2.31. The van der Waals surface area contributed by atoms with E-state index in [4.69, 9.17) is 4.74 Å². The standard InChI is InChI=1S/C30H23NO4/c1-17-9-11-19(12-10-17)30(34)35-20-15-13-18(14-16-20)25-26-23(7-4-8-24(26)32)31-28-21-5-2-3-6-22(21)29(33)27(25)28/h2-3,5-6,9-16,25,31H,4,7-8H2,1H3/t25-/m1/s1. The van der Waals surface area contributed by atoms with Crippen LogP contribution in [0.2, 0.25) is 0 Å². The fourth-order valence-corrected chi connectivity index (χ4v) is 5.25. The summed E-state index contributed by atoms with van der Waals surface area (Å²) in [7, 11) is 0. The largest absolute Gasteiger partial charge is 0.423 e. The van der Waals surface area contributed by atoms with Crippen LogP contribution in [0.4, 0.5) is 0 Å². The van der Waals surface area contributed by atoms with E-state index in [2.05, 4.69) is 5.32 Å². The minimum atomic E-state index is -0.448. The maximum atomic E-state index is 13.5. The third-order valence-electron chi connectivity index (χ3n) is 6.98. The van der Waals surface area contributed by atoms with Crippen LogP contribution in [0, 0.1) is 6.92 Å². The molecule has 6 rings (SSSR count). The number of fused-ring (bicyclic) bond motifs is 2. The molecule has 5 nitrogen and oxygen atoms in total. The van der Waals surface area contributed by atoms with Crippen LogP contribution in [0.15, 0.2) is 89.6 Å². The lowest BCUT2D eigenvalue weighted by molar-refractivity contribution is -0.116. The highest BCUT2D eigenvalue weighted by Crippen LogP contribution is 2.48. The second-order valence-electron chi connectivity index (χ2n) is 9.21. The number of allylic oxidation sites excluding steroid dienone is 3. The quantitative estimate of drug-likeness (QED) is 0.411. The van der Waals surface area contributed by atoms with Gasteiger partial charge in [-0.05, 0) is 49.6 Å². The summed E-state index contributed by atoms with van der Waals surface area (Å²) >= 11 is 0. The van der Waals surface area contributed by atoms with Crippen LogP contribution in [-0.4, -0.2) is 17.5 Å². The van der Waals surface area contributed by atoms with Crippen LogP contribution in [-0.2, 0) is 4.79 Å². The van der Waals surface area contributed by atoms with Gasteiger partial charge < -0.3 is 10.1 Å². The van der Waals surface area contributed by atoms with E-state index in [1.54, 1.807) is 24.3 Å². The van der Waals surface area contributed by atoms with Crippen molar-refractivity contribution in [3.63, 3.8) is 0 Å². The first-order chi connectivity index (χ1) is 17.0. The minimum Gasteiger partial charge on any atom is -0.423 e. The second-order valence-corrected chi connectivity index (χ2v) is 9.21. The topological polar surface area (TPSA) is 72.5 Å². The number of hydrogen-bond acceptors (Lipinski definition) is 5. The van der Waals surface area contributed by atoms with Gasteiger partial charge in [-0.1, -0.05) is 54.1 Å². The minimum absolute atomic E-state index is 0.0482. The Labute approximate surface area is 203 Å². The molecule has 1 aliphatic heterocycles. The van der Waals surface area contributed by atoms with Gasteiger partial charge in [0.25, 0.3) is 0 Å². The first-order valence-corrected chi connectivity index (χ1v) is 11.8. The number of Topliss-reactive ketones (excluding diaryl/α,β-unsaturated/α-hetero) is 2. The van der Waals surface area contributed by atoms with Crippen molar-refractivity contribution in [3.8, 4) is 5.75 Å². The van der Waals surface area contributed by atoms with Crippen molar-refractivity contribution in [2.45, 2.75) is 32.1 Å². The Bertz CT molecular complexity index is 1460. The number of ether oxygens (including phenoxy) is 1. The van der Waals surface area contributed by atoms with Crippen molar-refractivity contribution in [3.05, 3.63) is 117 Å². The molecule has 0 radical (unpaired) electrons. The number of aryl methyl sites for hydroxylation is 1. The number of esters is 1. The van der Waals surface area contributed by atoms with Crippen LogP contribution < -0.4 is 10.1 Å². The van der Waals surface area contributed by atoms with Crippen LogP contribution in [0.5, 0.6) is 5.75 Å². The zero-order chi connectivity index (χ0) is 24.1. The average molecular weight is 462 g/mol. The maximum absolute atomic E-state index is 13.5. The molecule has 0 saturated heterocycles. The van der Waals surface area contributed by atoms with Gasteiger partial charge in [0.05, 0.1) is 11.3 Å². The number of hydrogen-bond donors (Lipinski definition) is 1. The van der Waals surface area contributed by atoms with E-state index in [-0.39, 0.29) is 11.6 Å². The summed E-state index contributed by atoms with van der Waals surface area (Å²) in [5, 5.41) is 3.44. The van der Waals surface area contributed by atoms with Gasteiger partial charge in [0.1, 0.15) is 5.75 Å². The molecule has 1 atom stereocenters. The molecule has 0 fully saturated rings. The fourth-order valence-electron chi connectivity index (χ4n) is 5.25. The van der Waals surface area contributed by atoms with Gasteiger partial charge in [0.15, 0.2) is 11.6 Å². The Morgan fingerprint density at radius 3 is 2.31 bits per heavy atom. The van der Waals surface area contributed by atoms with Crippen molar-refractivity contribution >= 4 is 23.2 Å². The zero-order valence-electron chi connectivity index (χ0n) is 19.3. The van der Waals surface area contributed by atoms with E-state index in [0.717, 1.165) is 40.9 Å². The molecule has 1 heterocycles. The molecule has 5 heteroatoms. The second kappa shape index (κ2) is 8.20. The predicted molar refractivity (Wildman–Crippen MR) is 132 cm³/mol. The molecule has 0 unspecified atom stereocenters. The number of ketones is 2. The molecule has 172 valence electrons. The third kappa shape index (κ3) is 3.51. The Kier molecular flexibility index (Phi) is 4.99. The molecular weight excluding hydrogens is 438 g/mol. The van der Waals surface area contributed by atoms with Gasteiger partial charge in [-0.3, -0.25) is 9.59 Å². The smallest absolute Gasteiger partial charge is 0.343 e. The van der Waals surface area contributed by atoms with E-state index in [1.807, 2.05) is 55.5 Å². The molecule has 0 bridgehead atoms. The van der Waals surface area contributed by atoms with Crippen LogP contribution in [0.25, 0.3) is 5.70 Å². The van der Waals surface area contributed by atoms with E-state index in [1.165, 1.54) is 0 Å². The van der Waals surface area contributed by atoms with E-state index in [0.29, 0.717) is 34.4 Å². The van der Waals surface area contributed by atoms with Gasteiger partial charge in [0, 0.05) is 40.3 Å². The first kappa shape index (κ1) is 21.3. The molecule has 3 aromatic carbocycles. The molecule has 2 aliphatic carbocycles. The number of carbonyl (C=O) groups is 3. The summed E-state index contributed by atoms with van der Waals surface area (Å²) in [5.41, 5.74) is 6.92. The Hall–Kier alpha value is -4.25. The van der Waals surface area contributed by atoms with Crippen LogP contribution in [0.3, 0.4) is 0 Å². The predicted octanol–water partition coefficient (Wildman–Crippen LogP) is 5.52. The summed E-state index contributed by atoms with van der Waals surface area (Å²) in [5.74, 6) is -0.441. The Balaban J connectivity index is 1.37. The molecule has 3 aliphatic rings. The number of rotatable bonds is 3. The van der Waals surface area contributed by atoms with Crippen molar-refractivity contribution in [1.29, 1.82) is 0 Å². The highest BCUT2D eigenvalue weighted by molar-refractivity contribution is 6.23. The fraction of sp³-hybridized carbons (Fsp3) is 0.167. The Morgan fingerprint density at radius 1 is 0.857 bits per heavy atom. The molecule has 1 N–H and O–H groups in total. The van der Waals surface area contributed by atoms with Crippen molar-refractivity contribution < 1.29 is 19.1 Å². The van der Waals surface area contributed by atoms with Gasteiger partial charge in [-0.15, -0.1) is 0 Å². The summed E-state index contributed by atoms with van der Waals surface area (Å²) in [6.07, 6.45) is 2.05. The van der Waals surface area contributed by atoms with Crippen LogP contribution >= 0.6 is 0 Å². The van der Waals surface area contributed by atoms with Crippen molar-refractivity contribution in [2.75, 3.05) is 0 Å². The highest BCUT2D eigenvalue weighted by atomic mass is 16.5. The van der Waals surface area contributed by atoms with Crippen molar-refractivity contribution in [2.24, 2.45) is 0 Å². The SMILES string of the molecule is Cc1ccc(C(=O)Oc2ccc([C@@H]3C4=C(CCCC4=O)NC4=C3C(=O)c3ccccc34)cc2)cc1. The van der Waals surface area contributed by atoms with Gasteiger partial charge in [-0.25, -0.2) is 4.79 Å². The van der Waals surface area contributed by atoms with Gasteiger partial charge in [0.2, 0.25) is 0 Å². The highest BCUT2D eigenvalue weighted by Gasteiger charge is 2.43. The van der Waals surface area contributed by atoms with E-state index in [9.17, 15) is 14.4 Å². The average Bonchev–Trinajstić information content (AvgIpc) is 3.16. The summed E-state index contributed by atoms with van der Waals surface area (Å²) in [4.78, 5) is 39.1. The summed E-state index contributed by atoms with van der Waals surface area (Å²) < 4.78 is 5.56. The summed E-state index contributed by atoms with van der Waals surface area (Å²) in [6, 6.07) is 21.9. The number of carbonyl (C=O) groups excluding carboxylic acids is 3. The van der Waals surface area contributed by atoms with E-state index < -0.39 is 11.9 Å². The Morgan fingerprint density at radius 2 is 1.57 bits per heavy atom. The lowest BCUT2D eigenvalue weighted by atomic mass is 9.75. The van der Waals surface area contributed by atoms with Gasteiger partial charge in [-0.2, -0.15) is 0 Å². The first-order valence-electron chi connectivity index (χ1n) is 11.8. The lowest BCUT2D eigenvalue weighted by Gasteiger charge is -2.33. The number of dihydropyridines is 1. The van der Waals surface area contributed by atoms with E-state index >= 15 is 0 Å². The molecule has 0 spiro atoms. The molecule has 35 heavy (non-hydrogen) atoms. The molecule has 3 aromatic rings. The number of nitrogens with one attached hydrogen (secondary N) is 1. The summed E-state index contributed by atoms with van der Waals surface area (Å²) in [6.45, 7) is 1.96. The zero-order valence-corrected chi connectivity index (χ0v) is 19.3. The van der Waals surface area contributed by atoms with Crippen LogP contribution in [0.1, 0.15) is 62.6 Å². The van der Waals surface area contributed by atoms with Gasteiger partial charge >= 0.3 is 5.97 Å². The molecule has 0 aromatic heterocycles. The van der Waals surface area contributed by atoms with Crippen molar-refractivity contribution in [1.82, 2.24) is 5.32 Å². The maximum Gasteiger partial charge on any atom is 0.343 e.